The molecule has 3 nitrogen and oxygen atoms in total. The molecular formula is C13H8BrCl2FO3S. The summed E-state index contributed by atoms with van der Waals surface area (Å²) in [5, 5.41) is 0.256. The van der Waals surface area contributed by atoms with Gasteiger partial charge in [0.25, 0.3) is 9.05 Å². The van der Waals surface area contributed by atoms with Crippen LogP contribution in [0.1, 0.15) is 5.56 Å². The molecule has 0 fully saturated rings. The van der Waals surface area contributed by atoms with Crippen molar-refractivity contribution in [3.8, 4) is 5.75 Å². The lowest BCUT2D eigenvalue weighted by Gasteiger charge is -2.10. The molecule has 2 aromatic rings. The fourth-order valence-electron chi connectivity index (χ4n) is 1.54. The van der Waals surface area contributed by atoms with Gasteiger partial charge in [0.05, 0.1) is 14.4 Å². The average Bonchev–Trinajstić information content (AvgIpc) is 2.38. The Labute approximate surface area is 139 Å². The third-order valence-corrected chi connectivity index (χ3v) is 4.91. The van der Waals surface area contributed by atoms with Gasteiger partial charge in [-0.25, -0.2) is 12.8 Å². The molecule has 8 heteroatoms. The molecule has 0 bridgehead atoms. The largest absolute Gasteiger partial charge is 0.488 e. The zero-order valence-electron chi connectivity index (χ0n) is 10.3. The maximum atomic E-state index is 12.9. The molecule has 0 heterocycles. The van der Waals surface area contributed by atoms with Gasteiger partial charge >= 0.3 is 0 Å². The van der Waals surface area contributed by atoms with E-state index in [1.165, 1.54) is 36.4 Å². The van der Waals surface area contributed by atoms with Gasteiger partial charge < -0.3 is 4.74 Å². The second kappa shape index (κ2) is 6.52. The minimum absolute atomic E-state index is 0.0387. The van der Waals surface area contributed by atoms with Crippen molar-refractivity contribution in [3.05, 3.63) is 57.3 Å². The van der Waals surface area contributed by atoms with Crippen LogP contribution in [0.25, 0.3) is 0 Å². The Morgan fingerprint density at radius 2 is 1.90 bits per heavy atom. The first-order valence-corrected chi connectivity index (χ1v) is 9.06. The van der Waals surface area contributed by atoms with E-state index in [2.05, 4.69) is 15.9 Å². The van der Waals surface area contributed by atoms with Crippen LogP contribution in [-0.4, -0.2) is 8.42 Å². The highest BCUT2D eigenvalue weighted by Crippen LogP contribution is 2.30. The first kappa shape index (κ1) is 16.5. The Bertz CT molecular complexity index is 781. The molecule has 0 amide bonds. The molecule has 0 aliphatic rings. The first-order chi connectivity index (χ1) is 9.77. The van der Waals surface area contributed by atoms with Crippen molar-refractivity contribution in [2.75, 3.05) is 0 Å². The van der Waals surface area contributed by atoms with Crippen LogP contribution >= 0.6 is 38.2 Å². The Kier molecular flexibility index (Phi) is 5.14. The van der Waals surface area contributed by atoms with Crippen LogP contribution in [0.5, 0.6) is 5.75 Å². The van der Waals surface area contributed by atoms with Crippen LogP contribution in [0, 0.1) is 5.82 Å². The van der Waals surface area contributed by atoms with E-state index in [1.807, 2.05) is 0 Å². The molecule has 0 aliphatic heterocycles. The zero-order chi connectivity index (χ0) is 15.6. The van der Waals surface area contributed by atoms with Crippen LogP contribution in [0.4, 0.5) is 4.39 Å². The lowest BCUT2D eigenvalue weighted by Crippen LogP contribution is -1.98. The fourth-order valence-corrected chi connectivity index (χ4v) is 3.19. The summed E-state index contributed by atoms with van der Waals surface area (Å²) in [4.78, 5) is -0.0387. The maximum Gasteiger partial charge on any atom is 0.261 e. The van der Waals surface area contributed by atoms with E-state index in [0.717, 1.165) is 0 Å². The minimum Gasteiger partial charge on any atom is -0.488 e. The molecule has 0 atom stereocenters. The van der Waals surface area contributed by atoms with Crippen molar-refractivity contribution >= 4 is 47.3 Å². The molecule has 0 aliphatic carbocycles. The second-order valence-corrected chi connectivity index (χ2v) is 7.88. The number of rotatable bonds is 4. The van der Waals surface area contributed by atoms with Gasteiger partial charge in [0.15, 0.2) is 0 Å². The number of ether oxygens (including phenoxy) is 1. The van der Waals surface area contributed by atoms with E-state index >= 15 is 0 Å². The Balaban J connectivity index is 2.17. The van der Waals surface area contributed by atoms with Crippen molar-refractivity contribution in [2.45, 2.75) is 11.5 Å². The van der Waals surface area contributed by atoms with Gasteiger partial charge in [0.1, 0.15) is 18.2 Å². The molecule has 0 radical (unpaired) electrons. The highest BCUT2D eigenvalue weighted by Gasteiger charge is 2.13. The lowest BCUT2D eigenvalue weighted by molar-refractivity contribution is 0.304. The average molecular weight is 414 g/mol. The molecular weight excluding hydrogens is 406 g/mol. The van der Waals surface area contributed by atoms with Gasteiger partial charge in [0.2, 0.25) is 0 Å². The molecule has 0 unspecified atom stereocenters. The van der Waals surface area contributed by atoms with Gasteiger partial charge in [-0.1, -0.05) is 17.7 Å². The summed E-state index contributed by atoms with van der Waals surface area (Å²) < 4.78 is 41.3. The smallest absolute Gasteiger partial charge is 0.261 e. The summed E-state index contributed by atoms with van der Waals surface area (Å²) in [6.07, 6.45) is 0. The molecule has 0 saturated carbocycles. The minimum atomic E-state index is -3.80. The van der Waals surface area contributed by atoms with E-state index in [-0.39, 0.29) is 16.5 Å². The summed E-state index contributed by atoms with van der Waals surface area (Å²) in [7, 11) is 1.45. The molecule has 21 heavy (non-hydrogen) atoms. The molecule has 112 valence electrons. The van der Waals surface area contributed by atoms with Crippen molar-refractivity contribution < 1.29 is 17.5 Å². The van der Waals surface area contributed by atoms with Gasteiger partial charge in [-0.2, -0.15) is 0 Å². The van der Waals surface area contributed by atoms with Crippen LogP contribution in [-0.2, 0) is 15.7 Å². The number of halogens is 4. The molecule has 0 N–H and O–H groups in total. The molecule has 2 rings (SSSR count). The highest BCUT2D eigenvalue weighted by molar-refractivity contribution is 9.10. The Morgan fingerprint density at radius 3 is 2.48 bits per heavy atom. The maximum absolute atomic E-state index is 12.9. The monoisotopic (exact) mass is 412 g/mol. The predicted molar refractivity (Wildman–Crippen MR) is 82.9 cm³/mol. The van der Waals surface area contributed by atoms with Gasteiger partial charge in [-0.05, 0) is 46.3 Å². The predicted octanol–water partition coefficient (Wildman–Crippen LogP) is 4.75. The zero-order valence-corrected chi connectivity index (χ0v) is 14.2. The SMILES string of the molecule is O=S(=O)(Cl)c1ccc(OCc2ccc(F)cc2Cl)c(Br)c1. The highest BCUT2D eigenvalue weighted by atomic mass is 79.9. The molecule has 0 spiro atoms. The first-order valence-electron chi connectivity index (χ1n) is 5.58. The van der Waals surface area contributed by atoms with Crippen LogP contribution in [0.15, 0.2) is 45.8 Å². The second-order valence-electron chi connectivity index (χ2n) is 4.05. The number of benzene rings is 2. The van der Waals surface area contributed by atoms with Crippen molar-refractivity contribution in [2.24, 2.45) is 0 Å². The quantitative estimate of drug-likeness (QED) is 0.679. The Morgan fingerprint density at radius 1 is 1.19 bits per heavy atom. The van der Waals surface area contributed by atoms with Gasteiger partial charge in [0, 0.05) is 16.2 Å². The van der Waals surface area contributed by atoms with Crippen molar-refractivity contribution in [3.63, 3.8) is 0 Å². The van der Waals surface area contributed by atoms with E-state index in [0.29, 0.717) is 15.8 Å². The van der Waals surface area contributed by atoms with Crippen LogP contribution in [0.2, 0.25) is 5.02 Å². The summed E-state index contributed by atoms with van der Waals surface area (Å²) in [6.45, 7) is 0.116. The topological polar surface area (TPSA) is 43.4 Å². The van der Waals surface area contributed by atoms with Crippen molar-refractivity contribution in [1.29, 1.82) is 0 Å². The van der Waals surface area contributed by atoms with E-state index < -0.39 is 14.9 Å². The summed E-state index contributed by atoms with van der Waals surface area (Å²) in [6, 6.07) is 8.12. The standard InChI is InChI=1S/C13H8BrCl2FO3S/c14-11-6-10(21(16,18)19)3-4-13(11)20-7-8-1-2-9(17)5-12(8)15/h1-6H,7H2. The van der Waals surface area contributed by atoms with E-state index in [4.69, 9.17) is 27.0 Å². The third kappa shape index (κ3) is 4.32. The van der Waals surface area contributed by atoms with Gasteiger partial charge in [-0.15, -0.1) is 0 Å². The normalized spacial score (nSPS) is 11.4. The molecule has 0 aromatic heterocycles. The van der Waals surface area contributed by atoms with Crippen LogP contribution < -0.4 is 4.74 Å². The molecule has 0 saturated heterocycles. The molecule has 2 aromatic carbocycles. The Hall–Kier alpha value is -0.820. The van der Waals surface area contributed by atoms with Crippen LogP contribution in [0.3, 0.4) is 0 Å². The fraction of sp³-hybridized carbons (Fsp3) is 0.0769. The lowest BCUT2D eigenvalue weighted by atomic mass is 10.2. The number of hydrogen-bond donors (Lipinski definition) is 0. The van der Waals surface area contributed by atoms with Crippen molar-refractivity contribution in [1.82, 2.24) is 0 Å². The van der Waals surface area contributed by atoms with E-state index in [1.54, 1.807) is 0 Å². The van der Waals surface area contributed by atoms with E-state index in [9.17, 15) is 12.8 Å². The summed E-state index contributed by atoms with van der Waals surface area (Å²) in [5.41, 5.74) is 0.610. The number of hydrogen-bond acceptors (Lipinski definition) is 3. The summed E-state index contributed by atoms with van der Waals surface area (Å²) >= 11 is 9.09. The summed E-state index contributed by atoms with van der Waals surface area (Å²) in [5.74, 6) is -0.0129. The third-order valence-electron chi connectivity index (χ3n) is 2.58. The van der Waals surface area contributed by atoms with Gasteiger partial charge in [-0.3, -0.25) is 0 Å².